The Morgan fingerprint density at radius 2 is 2.28 bits per heavy atom. The Hall–Kier alpha value is -1.07. The van der Waals surface area contributed by atoms with E-state index in [0.29, 0.717) is 22.8 Å². The Kier molecular flexibility index (Phi) is 4.60. The number of hydrazine groups is 1. The maximum Gasteiger partial charge on any atom is 0.240 e. The van der Waals surface area contributed by atoms with Gasteiger partial charge >= 0.3 is 0 Å². The number of nitrogens with zero attached hydrogens (tertiary/aromatic N) is 2. The van der Waals surface area contributed by atoms with Gasteiger partial charge in [0.25, 0.3) is 0 Å². The van der Waals surface area contributed by atoms with Gasteiger partial charge in [-0.05, 0) is 31.6 Å². The van der Waals surface area contributed by atoms with Gasteiger partial charge in [-0.2, -0.15) is 4.98 Å². The number of nitrogens with two attached hydrogens (primary N) is 1. The zero-order valence-corrected chi connectivity index (χ0v) is 11.3. The van der Waals surface area contributed by atoms with E-state index in [1.807, 2.05) is 0 Å². The maximum atomic E-state index is 6.04. The van der Waals surface area contributed by atoms with Gasteiger partial charge in [-0.25, -0.2) is 10.8 Å². The number of aromatic nitrogens is 2. The minimum absolute atomic E-state index is 0.196. The van der Waals surface area contributed by atoms with Crippen molar-refractivity contribution in [1.82, 2.24) is 9.97 Å². The molecule has 3 N–H and O–H groups in total. The van der Waals surface area contributed by atoms with E-state index < -0.39 is 0 Å². The highest BCUT2D eigenvalue weighted by atomic mass is 35.5. The van der Waals surface area contributed by atoms with Crippen LogP contribution in [0.25, 0.3) is 0 Å². The van der Waals surface area contributed by atoms with Crippen molar-refractivity contribution >= 4 is 17.5 Å². The zero-order chi connectivity index (χ0) is 13.0. The van der Waals surface area contributed by atoms with E-state index >= 15 is 0 Å². The molecule has 0 amide bonds. The van der Waals surface area contributed by atoms with Crippen molar-refractivity contribution in [2.24, 2.45) is 11.8 Å². The summed E-state index contributed by atoms with van der Waals surface area (Å²) in [5.74, 6) is 6.60. The second-order valence-corrected chi connectivity index (χ2v) is 5.01. The highest BCUT2D eigenvalue weighted by Gasteiger charge is 2.26. The molecular weight excluding hydrogens is 252 g/mol. The summed E-state index contributed by atoms with van der Waals surface area (Å²) in [6, 6.07) is 0. The summed E-state index contributed by atoms with van der Waals surface area (Å²) >= 11 is 6.04. The van der Waals surface area contributed by atoms with E-state index in [2.05, 4.69) is 22.3 Å². The molecule has 0 aliphatic heterocycles. The van der Waals surface area contributed by atoms with Gasteiger partial charge in [0.1, 0.15) is 11.1 Å². The van der Waals surface area contributed by atoms with Crippen molar-refractivity contribution in [3.63, 3.8) is 0 Å². The number of ether oxygens (including phenoxy) is 1. The fraction of sp³-hybridized carbons (Fsp3) is 0.667. The molecule has 0 radical (unpaired) electrons. The van der Waals surface area contributed by atoms with E-state index in [9.17, 15) is 0 Å². The number of nitrogens with one attached hydrogen (secondary N) is 1. The first-order valence-corrected chi connectivity index (χ1v) is 6.78. The first kappa shape index (κ1) is 13.4. The van der Waals surface area contributed by atoms with Crippen molar-refractivity contribution in [2.45, 2.75) is 45.1 Å². The van der Waals surface area contributed by atoms with Gasteiger partial charge in [-0.3, -0.25) is 5.43 Å². The molecule has 100 valence electrons. The van der Waals surface area contributed by atoms with Crippen LogP contribution in [0.5, 0.6) is 5.88 Å². The zero-order valence-electron chi connectivity index (χ0n) is 10.5. The Morgan fingerprint density at radius 1 is 1.50 bits per heavy atom. The summed E-state index contributed by atoms with van der Waals surface area (Å²) < 4.78 is 5.95. The largest absolute Gasteiger partial charge is 0.473 e. The Balaban J connectivity index is 2.11. The fourth-order valence-electron chi connectivity index (χ4n) is 2.44. The minimum atomic E-state index is 0.196. The molecule has 1 saturated carbocycles. The van der Waals surface area contributed by atoms with Gasteiger partial charge < -0.3 is 4.74 Å². The monoisotopic (exact) mass is 270 g/mol. The lowest BCUT2D eigenvalue weighted by molar-refractivity contribution is 0.0860. The summed E-state index contributed by atoms with van der Waals surface area (Å²) in [5, 5.41) is 0.425. The summed E-state index contributed by atoms with van der Waals surface area (Å²) in [7, 11) is 0. The minimum Gasteiger partial charge on any atom is -0.473 e. The van der Waals surface area contributed by atoms with Gasteiger partial charge in [0.2, 0.25) is 11.8 Å². The molecule has 0 saturated heterocycles. The molecule has 1 aliphatic rings. The van der Waals surface area contributed by atoms with Gasteiger partial charge in [0.05, 0.1) is 6.20 Å². The lowest BCUT2D eigenvalue weighted by Gasteiger charge is -2.30. The van der Waals surface area contributed by atoms with Crippen LogP contribution in [0.15, 0.2) is 6.20 Å². The average molecular weight is 271 g/mol. The third-order valence-electron chi connectivity index (χ3n) is 3.47. The predicted octanol–water partition coefficient (Wildman–Crippen LogP) is 2.76. The molecular formula is C12H19ClN4O. The topological polar surface area (TPSA) is 73.1 Å². The van der Waals surface area contributed by atoms with Crippen molar-refractivity contribution in [3.8, 4) is 5.88 Å². The second kappa shape index (κ2) is 6.20. The van der Waals surface area contributed by atoms with Crippen LogP contribution in [0.4, 0.5) is 5.95 Å². The van der Waals surface area contributed by atoms with Crippen molar-refractivity contribution in [2.75, 3.05) is 5.43 Å². The third-order valence-corrected chi connectivity index (χ3v) is 3.73. The van der Waals surface area contributed by atoms with Crippen molar-refractivity contribution in [3.05, 3.63) is 11.2 Å². The van der Waals surface area contributed by atoms with Crippen LogP contribution in [-0.2, 0) is 0 Å². The smallest absolute Gasteiger partial charge is 0.240 e. The Bertz CT molecular complexity index is 402. The lowest BCUT2D eigenvalue weighted by atomic mass is 9.85. The lowest BCUT2D eigenvalue weighted by Crippen LogP contribution is -2.30. The van der Waals surface area contributed by atoms with Crippen LogP contribution in [0.1, 0.15) is 39.0 Å². The Morgan fingerprint density at radius 3 is 3.00 bits per heavy atom. The average Bonchev–Trinajstić information content (AvgIpc) is 2.42. The number of rotatable bonds is 4. The molecule has 0 spiro atoms. The summed E-state index contributed by atoms with van der Waals surface area (Å²) in [4.78, 5) is 8.08. The van der Waals surface area contributed by atoms with Gasteiger partial charge in [-0.15, -0.1) is 0 Å². The summed E-state index contributed by atoms with van der Waals surface area (Å²) in [6.45, 7) is 2.20. The van der Waals surface area contributed by atoms with Crippen LogP contribution in [0.2, 0.25) is 5.02 Å². The van der Waals surface area contributed by atoms with E-state index in [4.69, 9.17) is 22.2 Å². The highest BCUT2D eigenvalue weighted by Crippen LogP contribution is 2.32. The van der Waals surface area contributed by atoms with Gasteiger partial charge in [0, 0.05) is 0 Å². The number of hydrogen-bond acceptors (Lipinski definition) is 5. The quantitative estimate of drug-likeness (QED) is 0.650. The molecule has 1 fully saturated rings. The molecule has 2 rings (SSSR count). The molecule has 1 aromatic heterocycles. The fourth-order valence-corrected chi connectivity index (χ4v) is 2.58. The standard InChI is InChI=1S/C12H19ClN4O/c1-2-8-5-3-4-6-10(8)18-11-9(13)7-15-12(16-11)17-14/h7-8,10H,2-6,14H2,1H3,(H,15,16,17). The second-order valence-electron chi connectivity index (χ2n) is 4.60. The number of anilines is 1. The van der Waals surface area contributed by atoms with Crippen LogP contribution in [0, 0.1) is 5.92 Å². The summed E-state index contributed by atoms with van der Waals surface area (Å²) in [5.41, 5.74) is 2.40. The van der Waals surface area contributed by atoms with Crippen LogP contribution in [-0.4, -0.2) is 16.1 Å². The summed E-state index contributed by atoms with van der Waals surface area (Å²) in [6.07, 6.45) is 7.58. The van der Waals surface area contributed by atoms with Crippen LogP contribution >= 0.6 is 11.6 Å². The molecule has 0 aromatic carbocycles. The van der Waals surface area contributed by atoms with Crippen molar-refractivity contribution < 1.29 is 4.74 Å². The Labute approximate surface area is 112 Å². The first-order chi connectivity index (χ1) is 8.74. The van der Waals surface area contributed by atoms with Gasteiger partial charge in [0.15, 0.2) is 0 Å². The van der Waals surface area contributed by atoms with Gasteiger partial charge in [-0.1, -0.05) is 24.9 Å². The molecule has 2 atom stereocenters. The maximum absolute atomic E-state index is 6.04. The van der Waals surface area contributed by atoms with E-state index in [0.717, 1.165) is 12.8 Å². The number of halogens is 1. The molecule has 5 nitrogen and oxygen atoms in total. The number of hydrogen-bond donors (Lipinski definition) is 2. The number of nitrogen functional groups attached to an aromatic ring is 1. The first-order valence-electron chi connectivity index (χ1n) is 6.40. The van der Waals surface area contributed by atoms with Crippen LogP contribution in [0.3, 0.4) is 0 Å². The van der Waals surface area contributed by atoms with E-state index in [1.165, 1.54) is 25.5 Å². The van der Waals surface area contributed by atoms with Crippen molar-refractivity contribution in [1.29, 1.82) is 0 Å². The highest BCUT2D eigenvalue weighted by molar-refractivity contribution is 6.31. The van der Waals surface area contributed by atoms with Crippen LogP contribution < -0.4 is 16.0 Å². The molecule has 0 bridgehead atoms. The molecule has 1 heterocycles. The molecule has 1 aromatic rings. The van der Waals surface area contributed by atoms with E-state index in [-0.39, 0.29) is 6.10 Å². The molecule has 2 unspecified atom stereocenters. The third kappa shape index (κ3) is 3.03. The normalized spacial score (nSPS) is 23.7. The SMILES string of the molecule is CCC1CCCCC1Oc1nc(NN)ncc1Cl. The molecule has 1 aliphatic carbocycles. The molecule has 6 heteroatoms. The predicted molar refractivity (Wildman–Crippen MR) is 71.5 cm³/mol. The molecule has 18 heavy (non-hydrogen) atoms. The van der Waals surface area contributed by atoms with E-state index in [1.54, 1.807) is 0 Å².